The van der Waals surface area contributed by atoms with Crippen LogP contribution in [-0.4, -0.2) is 17.8 Å². The minimum absolute atomic E-state index is 0.257. The first-order chi connectivity index (χ1) is 9.13. The van der Waals surface area contributed by atoms with Crippen molar-refractivity contribution in [2.75, 3.05) is 11.9 Å². The van der Waals surface area contributed by atoms with E-state index >= 15 is 0 Å². The van der Waals surface area contributed by atoms with Crippen LogP contribution in [0.3, 0.4) is 0 Å². The van der Waals surface area contributed by atoms with E-state index in [0.717, 1.165) is 0 Å². The molecular formula is C13H13NO5. The van der Waals surface area contributed by atoms with Gasteiger partial charge in [-0.15, -0.1) is 0 Å². The molecule has 0 fully saturated rings. The molecule has 0 spiro atoms. The largest absolute Gasteiger partial charge is 0.450 e. The maximum Gasteiger partial charge on any atom is 0.411 e. The smallest absolute Gasteiger partial charge is 0.411 e. The Kier molecular flexibility index (Phi) is 3.82. The van der Waals surface area contributed by atoms with Gasteiger partial charge in [0, 0.05) is 23.2 Å². The van der Waals surface area contributed by atoms with Gasteiger partial charge in [-0.1, -0.05) is 0 Å². The number of fused-ring (bicyclic) bond motifs is 1. The number of carbonyl (C=O) groups is 1. The molecule has 0 aliphatic heterocycles. The molecule has 2 rings (SSSR count). The van der Waals surface area contributed by atoms with Gasteiger partial charge in [0.15, 0.2) is 0 Å². The summed E-state index contributed by atoms with van der Waals surface area (Å²) in [5.41, 5.74) is 0.675. The van der Waals surface area contributed by atoms with Crippen LogP contribution in [0, 0.1) is 0 Å². The molecule has 0 radical (unpaired) electrons. The Morgan fingerprint density at radius 1 is 1.42 bits per heavy atom. The molecule has 0 atom stereocenters. The number of nitrogens with one attached hydrogen (secondary N) is 1. The quantitative estimate of drug-likeness (QED) is 0.825. The fraction of sp³-hybridized carbons (Fsp3) is 0.231. The van der Waals surface area contributed by atoms with Crippen LogP contribution in [0.25, 0.3) is 11.0 Å². The maximum absolute atomic E-state index is 11.3. The van der Waals surface area contributed by atoms with Gasteiger partial charge in [0.1, 0.15) is 5.58 Å². The van der Waals surface area contributed by atoms with Gasteiger partial charge in [0.25, 0.3) is 0 Å². The van der Waals surface area contributed by atoms with E-state index < -0.39 is 11.7 Å². The Bertz CT molecular complexity index is 662. The number of carbonyl (C=O) groups excluding carboxylic acids is 1. The van der Waals surface area contributed by atoms with Crippen molar-refractivity contribution in [2.24, 2.45) is 0 Å². The van der Waals surface area contributed by atoms with Crippen LogP contribution in [0.1, 0.15) is 12.5 Å². The lowest BCUT2D eigenvalue weighted by atomic mass is 10.1. The van der Waals surface area contributed by atoms with Crippen LogP contribution in [0.5, 0.6) is 0 Å². The Balaban J connectivity index is 2.40. The van der Waals surface area contributed by atoms with E-state index in [-0.39, 0.29) is 13.2 Å². The van der Waals surface area contributed by atoms with E-state index in [1.807, 2.05) is 0 Å². The van der Waals surface area contributed by atoms with Crippen LogP contribution in [0.2, 0.25) is 0 Å². The first kappa shape index (κ1) is 13.1. The molecule has 2 aromatic rings. The lowest BCUT2D eigenvalue weighted by Crippen LogP contribution is -2.13. The first-order valence-electron chi connectivity index (χ1n) is 5.75. The molecule has 0 unspecified atom stereocenters. The highest BCUT2D eigenvalue weighted by molar-refractivity contribution is 5.89. The lowest BCUT2D eigenvalue weighted by Gasteiger charge is -2.07. The predicted molar refractivity (Wildman–Crippen MR) is 69.1 cm³/mol. The number of hydrogen-bond donors (Lipinski definition) is 2. The second-order valence-corrected chi connectivity index (χ2v) is 3.81. The molecule has 1 aromatic heterocycles. The van der Waals surface area contributed by atoms with Gasteiger partial charge in [-0.3, -0.25) is 5.32 Å². The highest BCUT2D eigenvalue weighted by atomic mass is 16.5. The molecule has 0 bridgehead atoms. The zero-order chi connectivity index (χ0) is 13.8. The Labute approximate surface area is 108 Å². The Hall–Kier alpha value is -2.34. The van der Waals surface area contributed by atoms with Gasteiger partial charge in [-0.05, 0) is 24.6 Å². The Morgan fingerprint density at radius 2 is 2.21 bits per heavy atom. The zero-order valence-electron chi connectivity index (χ0n) is 10.3. The molecule has 1 amide bonds. The van der Waals surface area contributed by atoms with Crippen molar-refractivity contribution in [2.45, 2.75) is 13.5 Å². The van der Waals surface area contributed by atoms with E-state index in [0.29, 0.717) is 22.2 Å². The number of benzene rings is 1. The molecule has 2 N–H and O–H groups in total. The van der Waals surface area contributed by atoms with E-state index in [1.165, 1.54) is 12.1 Å². The normalized spacial score (nSPS) is 10.4. The van der Waals surface area contributed by atoms with Crippen molar-refractivity contribution in [3.05, 3.63) is 40.2 Å². The van der Waals surface area contributed by atoms with Crippen LogP contribution >= 0.6 is 0 Å². The number of aliphatic hydroxyl groups is 1. The number of rotatable bonds is 3. The molecule has 0 saturated carbocycles. The standard InChI is InChI=1S/C13H13NO5/c1-2-18-13(17)14-9-3-4-10-8(7-15)5-12(16)19-11(10)6-9/h3-6,15H,2,7H2,1H3,(H,14,17). The number of amides is 1. The molecule has 6 heteroatoms. The van der Waals surface area contributed by atoms with Gasteiger partial charge >= 0.3 is 11.7 Å². The van der Waals surface area contributed by atoms with Crippen molar-refractivity contribution in [3.8, 4) is 0 Å². The molecule has 100 valence electrons. The van der Waals surface area contributed by atoms with Crippen molar-refractivity contribution < 1.29 is 19.1 Å². The van der Waals surface area contributed by atoms with Crippen LogP contribution in [-0.2, 0) is 11.3 Å². The van der Waals surface area contributed by atoms with Crippen molar-refractivity contribution in [3.63, 3.8) is 0 Å². The van der Waals surface area contributed by atoms with Crippen molar-refractivity contribution in [1.29, 1.82) is 0 Å². The fourth-order valence-corrected chi connectivity index (χ4v) is 1.72. The molecule has 1 aromatic carbocycles. The van der Waals surface area contributed by atoms with Gasteiger partial charge in [0.2, 0.25) is 0 Å². The summed E-state index contributed by atoms with van der Waals surface area (Å²) in [6, 6.07) is 6.04. The molecule has 0 aliphatic rings. The minimum atomic E-state index is -0.581. The summed E-state index contributed by atoms with van der Waals surface area (Å²) in [6.07, 6.45) is -0.581. The number of anilines is 1. The summed E-state index contributed by atoms with van der Waals surface area (Å²) in [7, 11) is 0. The highest BCUT2D eigenvalue weighted by Crippen LogP contribution is 2.21. The average Bonchev–Trinajstić information content (AvgIpc) is 2.37. The zero-order valence-corrected chi connectivity index (χ0v) is 10.3. The minimum Gasteiger partial charge on any atom is -0.450 e. The van der Waals surface area contributed by atoms with Gasteiger partial charge in [-0.25, -0.2) is 9.59 Å². The third-order valence-corrected chi connectivity index (χ3v) is 2.52. The molecular weight excluding hydrogens is 250 g/mol. The first-order valence-corrected chi connectivity index (χ1v) is 5.75. The van der Waals surface area contributed by atoms with Crippen molar-refractivity contribution >= 4 is 22.7 Å². The molecule has 1 heterocycles. The monoisotopic (exact) mass is 263 g/mol. The summed E-state index contributed by atoms with van der Waals surface area (Å²) in [5, 5.41) is 12.3. The van der Waals surface area contributed by atoms with Gasteiger partial charge < -0.3 is 14.3 Å². The topological polar surface area (TPSA) is 88.8 Å². The summed E-state index contributed by atoms with van der Waals surface area (Å²) < 4.78 is 9.77. The summed E-state index contributed by atoms with van der Waals surface area (Å²) >= 11 is 0. The van der Waals surface area contributed by atoms with Crippen LogP contribution < -0.4 is 10.9 Å². The summed E-state index contributed by atoms with van der Waals surface area (Å²) in [4.78, 5) is 22.6. The second kappa shape index (κ2) is 5.53. The number of hydrogen-bond acceptors (Lipinski definition) is 5. The van der Waals surface area contributed by atoms with E-state index in [4.69, 9.17) is 9.15 Å². The lowest BCUT2D eigenvalue weighted by molar-refractivity contribution is 0.168. The molecule has 6 nitrogen and oxygen atoms in total. The predicted octanol–water partition coefficient (Wildman–Crippen LogP) is 1.85. The molecule has 0 aliphatic carbocycles. The number of aliphatic hydroxyl groups excluding tert-OH is 1. The van der Waals surface area contributed by atoms with E-state index in [1.54, 1.807) is 19.1 Å². The van der Waals surface area contributed by atoms with Gasteiger partial charge in [0.05, 0.1) is 13.2 Å². The SMILES string of the molecule is CCOC(=O)Nc1ccc2c(CO)cc(=O)oc2c1. The highest BCUT2D eigenvalue weighted by Gasteiger charge is 2.07. The third kappa shape index (κ3) is 2.92. The second-order valence-electron chi connectivity index (χ2n) is 3.81. The van der Waals surface area contributed by atoms with Crippen molar-refractivity contribution in [1.82, 2.24) is 0 Å². The third-order valence-electron chi connectivity index (χ3n) is 2.52. The number of ether oxygens (including phenoxy) is 1. The summed E-state index contributed by atoms with van der Waals surface area (Å²) in [6.45, 7) is 1.71. The van der Waals surface area contributed by atoms with Crippen LogP contribution in [0.15, 0.2) is 33.5 Å². The van der Waals surface area contributed by atoms with E-state index in [9.17, 15) is 14.7 Å². The van der Waals surface area contributed by atoms with E-state index in [2.05, 4.69) is 5.32 Å². The summed E-state index contributed by atoms with van der Waals surface area (Å²) in [5.74, 6) is 0. The maximum atomic E-state index is 11.3. The fourth-order valence-electron chi connectivity index (χ4n) is 1.72. The van der Waals surface area contributed by atoms with Gasteiger partial charge in [-0.2, -0.15) is 0 Å². The van der Waals surface area contributed by atoms with Crippen LogP contribution in [0.4, 0.5) is 10.5 Å². The Morgan fingerprint density at radius 3 is 2.89 bits per heavy atom. The molecule has 0 saturated heterocycles. The molecule has 19 heavy (non-hydrogen) atoms. The average molecular weight is 263 g/mol.